The Morgan fingerprint density at radius 2 is 1.26 bits per heavy atom. The number of fused-ring (bicyclic) bond motifs is 5. The van der Waals surface area contributed by atoms with Gasteiger partial charge in [0, 0.05) is 5.41 Å². The van der Waals surface area contributed by atoms with Crippen LogP contribution in [0.1, 0.15) is 89.2 Å². The Hall–Kier alpha value is -2.48. The third kappa shape index (κ3) is 4.05. The maximum Gasteiger partial charge on any atom is 0.116 e. The molecule has 1 aliphatic rings. The monoisotopic (exact) mass is 416 g/mol. The van der Waals surface area contributed by atoms with Crippen LogP contribution in [-0.2, 0) is 5.41 Å². The summed E-state index contributed by atoms with van der Waals surface area (Å²) in [5.41, 5.74) is 5.23. The fraction of sp³-hybridized carbons (Fsp3) is 0.448. The minimum Gasteiger partial charge on any atom is -0.508 e. The molecule has 0 aromatic heterocycles. The molecule has 164 valence electrons. The first-order valence-electron chi connectivity index (χ1n) is 12.2. The summed E-state index contributed by atoms with van der Waals surface area (Å²) in [4.78, 5) is 0. The number of rotatable bonds is 10. The van der Waals surface area contributed by atoms with Crippen LogP contribution >= 0.6 is 0 Å². The van der Waals surface area contributed by atoms with Crippen molar-refractivity contribution < 1.29 is 10.2 Å². The van der Waals surface area contributed by atoms with Crippen LogP contribution in [-0.4, -0.2) is 10.2 Å². The molecule has 2 N–H and O–H groups in total. The van der Waals surface area contributed by atoms with Crippen LogP contribution in [0, 0.1) is 0 Å². The maximum absolute atomic E-state index is 10.4. The summed E-state index contributed by atoms with van der Waals surface area (Å²) in [7, 11) is 0. The number of hydrogen-bond acceptors (Lipinski definition) is 2. The van der Waals surface area contributed by atoms with Crippen molar-refractivity contribution in [1.29, 1.82) is 0 Å². The molecule has 2 heteroatoms. The van der Waals surface area contributed by atoms with E-state index < -0.39 is 0 Å². The third-order valence-corrected chi connectivity index (χ3v) is 7.21. The van der Waals surface area contributed by atoms with E-state index in [2.05, 4.69) is 38.1 Å². The summed E-state index contributed by atoms with van der Waals surface area (Å²) in [6.07, 6.45) is 12.1. The Bertz CT molecular complexity index is 1040. The van der Waals surface area contributed by atoms with Crippen LogP contribution in [0.4, 0.5) is 0 Å². The second kappa shape index (κ2) is 9.34. The van der Waals surface area contributed by atoms with Gasteiger partial charge in [0.25, 0.3) is 0 Å². The van der Waals surface area contributed by atoms with Crippen molar-refractivity contribution >= 4 is 10.8 Å². The summed E-state index contributed by atoms with van der Waals surface area (Å²) in [5.74, 6) is 0.678. The van der Waals surface area contributed by atoms with Crippen LogP contribution < -0.4 is 0 Å². The predicted molar refractivity (Wildman–Crippen MR) is 131 cm³/mol. The molecule has 0 atom stereocenters. The van der Waals surface area contributed by atoms with Gasteiger partial charge in [-0.3, -0.25) is 0 Å². The fourth-order valence-electron chi connectivity index (χ4n) is 5.71. The van der Waals surface area contributed by atoms with Crippen LogP contribution in [0.25, 0.3) is 21.9 Å². The smallest absolute Gasteiger partial charge is 0.116 e. The van der Waals surface area contributed by atoms with Crippen LogP contribution in [0.2, 0.25) is 0 Å². The van der Waals surface area contributed by atoms with Gasteiger partial charge >= 0.3 is 0 Å². The third-order valence-electron chi connectivity index (χ3n) is 7.21. The van der Waals surface area contributed by atoms with E-state index in [-0.39, 0.29) is 5.41 Å². The average Bonchev–Trinajstić information content (AvgIpc) is 3.04. The van der Waals surface area contributed by atoms with Crippen LogP contribution in [0.5, 0.6) is 11.5 Å². The lowest BCUT2D eigenvalue weighted by atomic mass is 9.69. The molecule has 0 amide bonds. The van der Waals surface area contributed by atoms with Gasteiger partial charge in [0.15, 0.2) is 0 Å². The lowest BCUT2D eigenvalue weighted by Gasteiger charge is -2.34. The van der Waals surface area contributed by atoms with Crippen molar-refractivity contribution in [1.82, 2.24) is 0 Å². The van der Waals surface area contributed by atoms with Crippen molar-refractivity contribution in [3.8, 4) is 22.6 Å². The second-order valence-electron chi connectivity index (χ2n) is 9.33. The van der Waals surface area contributed by atoms with E-state index >= 15 is 0 Å². The van der Waals surface area contributed by atoms with Crippen molar-refractivity contribution in [3.63, 3.8) is 0 Å². The van der Waals surface area contributed by atoms with Crippen LogP contribution in [0.15, 0.2) is 48.5 Å². The second-order valence-corrected chi connectivity index (χ2v) is 9.33. The van der Waals surface area contributed by atoms with Gasteiger partial charge < -0.3 is 10.2 Å². The minimum absolute atomic E-state index is 0.0681. The molecule has 4 rings (SSSR count). The van der Waals surface area contributed by atoms with E-state index in [1.165, 1.54) is 79.0 Å². The molecule has 0 unspecified atom stereocenters. The Balaban J connectivity index is 1.89. The summed E-state index contributed by atoms with van der Waals surface area (Å²) < 4.78 is 0. The average molecular weight is 417 g/mol. The predicted octanol–water partition coefficient (Wildman–Crippen LogP) is 8.46. The first-order chi connectivity index (χ1) is 15.1. The largest absolute Gasteiger partial charge is 0.508 e. The molecule has 0 spiro atoms. The molecule has 31 heavy (non-hydrogen) atoms. The van der Waals surface area contributed by atoms with Gasteiger partial charge in [-0.2, -0.15) is 0 Å². The zero-order chi connectivity index (χ0) is 21.8. The highest BCUT2D eigenvalue weighted by Crippen LogP contribution is 2.57. The lowest BCUT2D eigenvalue weighted by molar-refractivity contribution is 0.400. The zero-order valence-electron chi connectivity index (χ0n) is 19.1. The molecule has 0 saturated carbocycles. The molecule has 2 nitrogen and oxygen atoms in total. The Morgan fingerprint density at radius 3 is 1.94 bits per heavy atom. The van der Waals surface area contributed by atoms with Gasteiger partial charge in [0.1, 0.15) is 11.5 Å². The van der Waals surface area contributed by atoms with Crippen LogP contribution in [0.3, 0.4) is 0 Å². The Kier molecular flexibility index (Phi) is 6.55. The van der Waals surface area contributed by atoms with E-state index in [1.54, 1.807) is 0 Å². The van der Waals surface area contributed by atoms with Gasteiger partial charge in [-0.05, 0) is 70.1 Å². The summed E-state index contributed by atoms with van der Waals surface area (Å²) in [5, 5.41) is 22.9. The number of benzene rings is 3. The highest BCUT2D eigenvalue weighted by Gasteiger charge is 2.43. The highest BCUT2D eigenvalue weighted by molar-refractivity contribution is 5.98. The van der Waals surface area contributed by atoms with Gasteiger partial charge in [-0.25, -0.2) is 0 Å². The normalized spacial score (nSPS) is 14.0. The zero-order valence-corrected chi connectivity index (χ0v) is 19.1. The number of aromatic hydroxyl groups is 2. The maximum atomic E-state index is 10.4. The number of phenols is 2. The first kappa shape index (κ1) is 21.7. The molecule has 1 aliphatic carbocycles. The van der Waals surface area contributed by atoms with Crippen molar-refractivity contribution in [2.24, 2.45) is 0 Å². The van der Waals surface area contributed by atoms with E-state index in [1.807, 2.05) is 24.3 Å². The minimum atomic E-state index is -0.0681. The molecular weight excluding hydrogens is 380 g/mol. The molecule has 0 heterocycles. The molecule has 0 saturated heterocycles. The number of hydrogen-bond donors (Lipinski definition) is 2. The molecule has 0 radical (unpaired) electrons. The van der Waals surface area contributed by atoms with Gasteiger partial charge in [0.05, 0.1) is 0 Å². The Morgan fingerprint density at radius 1 is 0.645 bits per heavy atom. The van der Waals surface area contributed by atoms with Gasteiger partial charge in [-0.1, -0.05) is 89.5 Å². The molecule has 3 aromatic rings. The summed E-state index contributed by atoms with van der Waals surface area (Å²) >= 11 is 0. The molecule has 0 bridgehead atoms. The fourth-order valence-corrected chi connectivity index (χ4v) is 5.71. The first-order valence-corrected chi connectivity index (χ1v) is 12.2. The van der Waals surface area contributed by atoms with Crippen molar-refractivity contribution in [3.05, 3.63) is 59.7 Å². The quantitative estimate of drug-likeness (QED) is 0.325. The van der Waals surface area contributed by atoms with E-state index in [0.29, 0.717) is 11.5 Å². The SMILES string of the molecule is CCCCCCC1(CCCCCC)c2cc(O)ccc2-c2ccc3cc(O)ccc3c21. The number of phenolic OH excluding ortho intramolecular Hbond substituents is 2. The van der Waals surface area contributed by atoms with Crippen molar-refractivity contribution in [2.45, 2.75) is 83.5 Å². The lowest BCUT2D eigenvalue weighted by Crippen LogP contribution is -2.26. The number of unbranched alkanes of at least 4 members (excludes halogenated alkanes) is 6. The summed E-state index contributed by atoms with van der Waals surface area (Å²) in [6, 6.07) is 16.1. The van der Waals surface area contributed by atoms with E-state index in [4.69, 9.17) is 0 Å². The Labute approximate surface area is 186 Å². The van der Waals surface area contributed by atoms with Gasteiger partial charge in [-0.15, -0.1) is 0 Å². The molecular formula is C29H36O2. The standard InChI is InChI=1S/C29H36O2/c1-3-5-7-9-17-29(18-10-8-6-4-2)27-20-23(31)13-16-25(27)26-14-11-21-19-22(30)12-15-24(21)28(26)29/h11-16,19-20,30-31H,3-10,17-18H2,1-2H3. The van der Waals surface area contributed by atoms with E-state index in [0.717, 1.165) is 18.2 Å². The molecule has 3 aromatic carbocycles. The highest BCUT2D eigenvalue weighted by atomic mass is 16.3. The van der Waals surface area contributed by atoms with E-state index in [9.17, 15) is 10.2 Å². The summed E-state index contributed by atoms with van der Waals surface area (Å²) in [6.45, 7) is 4.53. The van der Waals surface area contributed by atoms with Gasteiger partial charge in [0.2, 0.25) is 0 Å². The van der Waals surface area contributed by atoms with Crippen molar-refractivity contribution in [2.75, 3.05) is 0 Å². The topological polar surface area (TPSA) is 40.5 Å². The molecule has 0 fully saturated rings. The molecule has 0 aliphatic heterocycles.